The quantitative estimate of drug-likeness (QED) is 0.527. The van der Waals surface area contributed by atoms with Gasteiger partial charge in [0, 0.05) is 6.21 Å². The summed E-state index contributed by atoms with van der Waals surface area (Å²) >= 11 is 0. The van der Waals surface area contributed by atoms with Gasteiger partial charge in [0.1, 0.15) is 5.75 Å². The maximum absolute atomic E-state index is 12.1. The third kappa shape index (κ3) is 6.77. The largest absolute Gasteiger partial charge is 0.484 e. The van der Waals surface area contributed by atoms with E-state index in [1.165, 1.54) is 12.1 Å². The summed E-state index contributed by atoms with van der Waals surface area (Å²) in [6.07, 6.45) is 1.64. The fourth-order valence-electron chi connectivity index (χ4n) is 2.78. The maximum Gasteiger partial charge on any atom is 0.258 e. The Morgan fingerprint density at radius 2 is 1.68 bits per heavy atom. The predicted molar refractivity (Wildman–Crippen MR) is 120 cm³/mol. The van der Waals surface area contributed by atoms with Gasteiger partial charge in [-0.1, -0.05) is 30.3 Å². The highest BCUT2D eigenvalue weighted by Crippen LogP contribution is 2.17. The number of nitrogens with one attached hydrogen (secondary N) is 1. The Morgan fingerprint density at radius 3 is 2.29 bits per heavy atom. The molecule has 3 rings (SSSR count). The molecule has 0 heterocycles. The second-order valence-electron chi connectivity index (χ2n) is 6.85. The van der Waals surface area contributed by atoms with E-state index in [9.17, 15) is 13.2 Å². The number of hydrogen-bond acceptors (Lipinski definition) is 5. The van der Waals surface area contributed by atoms with E-state index in [0.717, 1.165) is 11.1 Å². The zero-order valence-corrected chi connectivity index (χ0v) is 17.7. The summed E-state index contributed by atoms with van der Waals surface area (Å²) < 4.78 is 28.1. The zero-order chi connectivity index (χ0) is 22.3. The van der Waals surface area contributed by atoms with Gasteiger partial charge in [-0.05, 0) is 66.6 Å². The predicted octanol–water partition coefficient (Wildman–Crippen LogP) is 3.34. The molecule has 3 aromatic carbocycles. The van der Waals surface area contributed by atoms with E-state index >= 15 is 0 Å². The molecular weight excluding hydrogens is 414 g/mol. The van der Waals surface area contributed by atoms with Gasteiger partial charge in [-0.15, -0.1) is 0 Å². The van der Waals surface area contributed by atoms with Crippen molar-refractivity contribution in [1.82, 2.24) is 5.32 Å². The second kappa shape index (κ2) is 10.0. The summed E-state index contributed by atoms with van der Waals surface area (Å²) in [7, 11) is -3.72. The van der Waals surface area contributed by atoms with Crippen LogP contribution in [-0.4, -0.2) is 27.1 Å². The van der Waals surface area contributed by atoms with E-state index in [1.807, 2.05) is 49.4 Å². The van der Waals surface area contributed by atoms with Crippen molar-refractivity contribution in [2.75, 3.05) is 6.61 Å². The summed E-state index contributed by atoms with van der Waals surface area (Å²) in [5, 5.41) is 7.98. The summed E-state index contributed by atoms with van der Waals surface area (Å²) in [5.41, 5.74) is 2.45. The Hall–Kier alpha value is -3.49. The Morgan fingerprint density at radius 1 is 1.03 bits per heavy atom. The summed E-state index contributed by atoms with van der Waals surface area (Å²) in [5.74, 6) is 0.363. The molecular formula is C23H23N3O4S. The highest BCUT2D eigenvalue weighted by atomic mass is 32.2. The molecule has 0 saturated carbocycles. The molecule has 160 valence electrons. The summed E-state index contributed by atoms with van der Waals surface area (Å²) in [6.45, 7) is 1.84. The Bertz CT molecular complexity index is 1140. The zero-order valence-electron chi connectivity index (χ0n) is 16.9. The van der Waals surface area contributed by atoms with E-state index < -0.39 is 10.0 Å². The fourth-order valence-corrected chi connectivity index (χ4v) is 3.29. The number of nitrogens with zero attached hydrogens (tertiary/aromatic N) is 1. The van der Waals surface area contributed by atoms with E-state index in [2.05, 4.69) is 10.3 Å². The van der Waals surface area contributed by atoms with Gasteiger partial charge in [0.15, 0.2) is 6.61 Å². The molecule has 0 aromatic heterocycles. The number of hydrogen-bond donors (Lipinski definition) is 2. The molecule has 1 atom stereocenters. The number of amides is 1. The highest BCUT2D eigenvalue weighted by molar-refractivity contribution is 7.89. The van der Waals surface area contributed by atoms with Crippen LogP contribution in [0.3, 0.4) is 0 Å². The first-order valence-corrected chi connectivity index (χ1v) is 11.1. The van der Waals surface area contributed by atoms with E-state index in [4.69, 9.17) is 9.88 Å². The number of ether oxygens (including phenoxy) is 1. The van der Waals surface area contributed by atoms with Gasteiger partial charge >= 0.3 is 0 Å². The Balaban J connectivity index is 1.50. The number of carbonyl (C=O) groups is 1. The molecule has 31 heavy (non-hydrogen) atoms. The topological polar surface area (TPSA) is 111 Å². The number of rotatable bonds is 8. The van der Waals surface area contributed by atoms with Crippen molar-refractivity contribution in [3.63, 3.8) is 0 Å². The molecule has 0 aliphatic carbocycles. The van der Waals surface area contributed by atoms with Crippen LogP contribution >= 0.6 is 0 Å². The summed E-state index contributed by atoms with van der Waals surface area (Å²) in [4.78, 5) is 16.4. The lowest BCUT2D eigenvalue weighted by Crippen LogP contribution is -2.31. The molecule has 0 aliphatic heterocycles. The molecule has 7 nitrogen and oxygen atoms in total. The number of aliphatic imine (C=N–C) groups is 1. The lowest BCUT2D eigenvalue weighted by molar-refractivity contribution is -0.123. The lowest BCUT2D eigenvalue weighted by Gasteiger charge is -2.14. The van der Waals surface area contributed by atoms with Crippen LogP contribution in [0.5, 0.6) is 5.75 Å². The van der Waals surface area contributed by atoms with Gasteiger partial charge in [0.25, 0.3) is 5.91 Å². The SMILES string of the molecule is C[C@H](NC(=O)COc1ccc(C=Nc2ccc(S(N)(=O)=O)cc2)cc1)c1ccccc1. The van der Waals surface area contributed by atoms with E-state index in [1.54, 1.807) is 30.5 Å². The molecule has 0 spiro atoms. The molecule has 0 radical (unpaired) electrons. The minimum absolute atomic E-state index is 0.0372. The van der Waals surface area contributed by atoms with Gasteiger partial charge in [0.05, 0.1) is 16.6 Å². The molecule has 8 heteroatoms. The van der Waals surface area contributed by atoms with Crippen molar-refractivity contribution in [3.8, 4) is 5.75 Å². The number of nitrogens with two attached hydrogens (primary N) is 1. The molecule has 1 amide bonds. The molecule has 3 N–H and O–H groups in total. The molecule has 0 aliphatic rings. The van der Waals surface area contributed by atoms with Crippen LogP contribution in [0.15, 0.2) is 88.8 Å². The van der Waals surface area contributed by atoms with Crippen molar-refractivity contribution < 1.29 is 17.9 Å². The first-order chi connectivity index (χ1) is 14.8. The molecule has 3 aromatic rings. The first-order valence-electron chi connectivity index (χ1n) is 9.55. The number of primary sulfonamides is 1. The van der Waals surface area contributed by atoms with Crippen LogP contribution in [0, 0.1) is 0 Å². The van der Waals surface area contributed by atoms with Crippen molar-refractivity contribution in [2.45, 2.75) is 17.9 Å². The van der Waals surface area contributed by atoms with Crippen molar-refractivity contribution in [3.05, 3.63) is 90.0 Å². The molecule has 0 unspecified atom stereocenters. The minimum Gasteiger partial charge on any atom is -0.484 e. The summed E-state index contributed by atoms with van der Waals surface area (Å²) in [6, 6.07) is 22.7. The average Bonchev–Trinajstić information content (AvgIpc) is 2.77. The lowest BCUT2D eigenvalue weighted by atomic mass is 10.1. The van der Waals surface area contributed by atoms with Crippen LogP contribution in [0.2, 0.25) is 0 Å². The van der Waals surface area contributed by atoms with Crippen LogP contribution in [-0.2, 0) is 14.8 Å². The first kappa shape index (κ1) is 22.2. The van der Waals surface area contributed by atoms with Crippen LogP contribution in [0.4, 0.5) is 5.69 Å². The number of sulfonamides is 1. The maximum atomic E-state index is 12.1. The highest BCUT2D eigenvalue weighted by Gasteiger charge is 2.10. The van der Waals surface area contributed by atoms with E-state index in [-0.39, 0.29) is 23.5 Å². The number of carbonyl (C=O) groups excluding carboxylic acids is 1. The Kier molecular flexibility index (Phi) is 7.17. The van der Waals surface area contributed by atoms with Gasteiger partial charge in [-0.25, -0.2) is 13.6 Å². The minimum atomic E-state index is -3.72. The monoisotopic (exact) mass is 437 g/mol. The van der Waals surface area contributed by atoms with Crippen molar-refractivity contribution >= 4 is 27.8 Å². The third-order valence-electron chi connectivity index (χ3n) is 4.46. The smallest absolute Gasteiger partial charge is 0.258 e. The van der Waals surface area contributed by atoms with E-state index in [0.29, 0.717) is 11.4 Å². The Labute approximate surface area is 181 Å². The molecule has 0 saturated heterocycles. The fraction of sp³-hybridized carbons (Fsp3) is 0.130. The second-order valence-corrected chi connectivity index (χ2v) is 8.42. The van der Waals surface area contributed by atoms with Gasteiger partial charge < -0.3 is 10.1 Å². The average molecular weight is 438 g/mol. The van der Waals surface area contributed by atoms with Gasteiger partial charge in [0.2, 0.25) is 10.0 Å². The van der Waals surface area contributed by atoms with Crippen molar-refractivity contribution in [2.24, 2.45) is 10.1 Å². The molecule has 0 fully saturated rings. The van der Waals surface area contributed by atoms with Gasteiger partial charge in [-0.3, -0.25) is 9.79 Å². The van der Waals surface area contributed by atoms with Crippen LogP contribution in [0.25, 0.3) is 0 Å². The standard InChI is InChI=1S/C23H23N3O4S/c1-17(19-5-3-2-4-6-19)26-23(27)16-30-21-11-7-18(8-12-21)15-25-20-9-13-22(14-10-20)31(24,28)29/h2-15,17H,16H2,1H3,(H,26,27)(H2,24,28,29)/t17-/m0/s1. The number of benzene rings is 3. The van der Waals surface area contributed by atoms with Crippen LogP contribution < -0.4 is 15.2 Å². The normalized spacial score (nSPS) is 12.5. The molecule has 0 bridgehead atoms. The third-order valence-corrected chi connectivity index (χ3v) is 5.38. The van der Waals surface area contributed by atoms with Crippen molar-refractivity contribution in [1.29, 1.82) is 0 Å². The van der Waals surface area contributed by atoms with Gasteiger partial charge in [-0.2, -0.15) is 0 Å². The van der Waals surface area contributed by atoms with Crippen LogP contribution in [0.1, 0.15) is 24.1 Å².